The molecule has 1 N–H and O–H groups in total. The van der Waals surface area contributed by atoms with Gasteiger partial charge in [-0.15, -0.1) is 0 Å². The standard InChI is InChI=1S/C45H46N10O/c1-30-22-31(24-54(26-41-46-33-14-6-10-18-37(33)50(41)2)27-42-47-34-15-7-11-19-38(34)51(42)3)45(56)32(23-30)25-55(28-43-48-35-16-8-12-20-39(35)52(43)4)29-44-49-36-17-9-13-21-40(36)53(44)5/h6-23,56H,24-29H2,1-5H3. The molecule has 282 valence electrons. The first-order valence-electron chi connectivity index (χ1n) is 19.1. The predicted molar refractivity (Wildman–Crippen MR) is 222 cm³/mol. The largest absolute Gasteiger partial charge is 0.507 e. The Balaban J connectivity index is 1.07. The molecule has 0 spiro atoms. The van der Waals surface area contributed by atoms with Gasteiger partial charge in [-0.05, 0) is 55.5 Å². The van der Waals surface area contributed by atoms with E-state index in [1.165, 1.54) is 0 Å². The molecule has 0 aliphatic carbocycles. The molecule has 0 radical (unpaired) electrons. The lowest BCUT2D eigenvalue weighted by molar-refractivity contribution is 0.222. The van der Waals surface area contributed by atoms with Crippen molar-refractivity contribution in [3.63, 3.8) is 0 Å². The van der Waals surface area contributed by atoms with Crippen LogP contribution in [0.25, 0.3) is 44.1 Å². The summed E-state index contributed by atoms with van der Waals surface area (Å²) in [5, 5.41) is 12.2. The average Bonchev–Trinajstić information content (AvgIpc) is 3.90. The van der Waals surface area contributed by atoms with E-state index in [2.05, 4.69) is 124 Å². The normalized spacial score (nSPS) is 12.1. The van der Waals surface area contributed by atoms with Gasteiger partial charge in [0.1, 0.15) is 29.0 Å². The maximum Gasteiger partial charge on any atom is 0.124 e. The highest BCUT2D eigenvalue weighted by atomic mass is 16.3. The molecule has 0 bridgehead atoms. The van der Waals surface area contributed by atoms with Crippen molar-refractivity contribution in [1.82, 2.24) is 48.0 Å². The van der Waals surface area contributed by atoms with Gasteiger partial charge in [0, 0.05) is 52.4 Å². The van der Waals surface area contributed by atoms with Gasteiger partial charge in [-0.2, -0.15) is 0 Å². The summed E-state index contributed by atoms with van der Waals surface area (Å²) >= 11 is 0. The zero-order valence-corrected chi connectivity index (χ0v) is 32.6. The summed E-state index contributed by atoms with van der Waals surface area (Å²) in [5.74, 6) is 4.11. The molecule has 0 unspecified atom stereocenters. The van der Waals surface area contributed by atoms with Crippen molar-refractivity contribution in [3.05, 3.63) is 149 Å². The summed E-state index contributed by atoms with van der Waals surface area (Å²) in [6, 6.07) is 37.2. The molecule has 4 heterocycles. The van der Waals surface area contributed by atoms with Crippen molar-refractivity contribution >= 4 is 44.1 Å². The number of phenolic OH excluding ortho intramolecular Hbond substituents is 1. The molecule has 0 aliphatic heterocycles. The van der Waals surface area contributed by atoms with Gasteiger partial charge in [0.15, 0.2) is 0 Å². The number of aromatic hydroxyl groups is 1. The Morgan fingerprint density at radius 3 is 0.964 bits per heavy atom. The smallest absolute Gasteiger partial charge is 0.124 e. The van der Waals surface area contributed by atoms with Gasteiger partial charge in [0.2, 0.25) is 0 Å². The quantitative estimate of drug-likeness (QED) is 0.137. The van der Waals surface area contributed by atoms with Crippen molar-refractivity contribution in [2.75, 3.05) is 0 Å². The fourth-order valence-corrected chi connectivity index (χ4v) is 8.14. The Labute approximate surface area is 325 Å². The van der Waals surface area contributed by atoms with Crippen LogP contribution in [-0.2, 0) is 67.5 Å². The highest BCUT2D eigenvalue weighted by molar-refractivity contribution is 5.78. The van der Waals surface area contributed by atoms with Gasteiger partial charge in [-0.3, -0.25) is 9.80 Å². The highest BCUT2D eigenvalue weighted by Crippen LogP contribution is 2.30. The third kappa shape index (κ3) is 6.58. The molecule has 0 saturated carbocycles. The molecule has 0 aliphatic rings. The lowest BCUT2D eigenvalue weighted by Crippen LogP contribution is -2.27. The Morgan fingerprint density at radius 2 is 0.696 bits per heavy atom. The van der Waals surface area contributed by atoms with Crippen molar-refractivity contribution in [2.24, 2.45) is 28.2 Å². The number of aromatic nitrogens is 8. The lowest BCUT2D eigenvalue weighted by Gasteiger charge is -2.25. The van der Waals surface area contributed by atoms with E-state index in [-0.39, 0.29) is 0 Å². The monoisotopic (exact) mass is 742 g/mol. The fourth-order valence-electron chi connectivity index (χ4n) is 8.14. The first-order valence-corrected chi connectivity index (χ1v) is 19.1. The summed E-state index contributed by atoms with van der Waals surface area (Å²) in [4.78, 5) is 24.8. The van der Waals surface area contributed by atoms with Crippen LogP contribution in [-0.4, -0.2) is 53.1 Å². The van der Waals surface area contributed by atoms with E-state index >= 15 is 0 Å². The maximum atomic E-state index is 12.2. The van der Waals surface area contributed by atoms with Crippen LogP contribution in [0.15, 0.2) is 109 Å². The van der Waals surface area contributed by atoms with Crippen LogP contribution in [0.5, 0.6) is 5.75 Å². The molecular formula is C45H46N10O. The van der Waals surface area contributed by atoms with Gasteiger partial charge in [-0.25, -0.2) is 19.9 Å². The van der Waals surface area contributed by atoms with Crippen LogP contribution in [0.1, 0.15) is 40.0 Å². The number of hydrogen-bond donors (Lipinski definition) is 1. The molecule has 0 amide bonds. The molecule has 0 atom stereocenters. The summed E-state index contributed by atoms with van der Waals surface area (Å²) in [7, 11) is 8.29. The molecule has 9 rings (SSSR count). The van der Waals surface area contributed by atoms with E-state index in [9.17, 15) is 5.11 Å². The summed E-state index contributed by atoms with van der Waals surface area (Å²) in [6.45, 7) is 5.40. The SMILES string of the molecule is Cc1cc(CN(Cc2nc3ccccc3n2C)Cc2nc3ccccc3n2C)c(O)c(CN(Cc2nc3ccccc3n2C)Cc2nc3ccccc3n2C)c1. The lowest BCUT2D eigenvalue weighted by atomic mass is 10.0. The minimum Gasteiger partial charge on any atom is -0.507 e. The number of aryl methyl sites for hydroxylation is 5. The Kier molecular flexibility index (Phi) is 9.11. The Hall–Kier alpha value is -6.30. The van der Waals surface area contributed by atoms with E-state index in [1.807, 2.05) is 48.5 Å². The number of imidazole rings is 4. The molecule has 11 nitrogen and oxygen atoms in total. The molecular weight excluding hydrogens is 697 g/mol. The second-order valence-electron chi connectivity index (χ2n) is 15.0. The van der Waals surface area contributed by atoms with Crippen LogP contribution in [0.4, 0.5) is 0 Å². The van der Waals surface area contributed by atoms with Gasteiger partial charge in [0.25, 0.3) is 0 Å². The molecule has 5 aromatic carbocycles. The number of para-hydroxylation sites is 8. The van der Waals surface area contributed by atoms with E-state index in [4.69, 9.17) is 19.9 Å². The van der Waals surface area contributed by atoms with Crippen molar-refractivity contribution < 1.29 is 5.11 Å². The van der Waals surface area contributed by atoms with E-state index in [1.54, 1.807) is 0 Å². The van der Waals surface area contributed by atoms with Crippen molar-refractivity contribution in [2.45, 2.75) is 46.2 Å². The molecule has 11 heteroatoms. The second-order valence-corrected chi connectivity index (χ2v) is 15.0. The van der Waals surface area contributed by atoms with E-state index < -0.39 is 0 Å². The molecule has 0 fully saturated rings. The first-order chi connectivity index (χ1) is 27.2. The van der Waals surface area contributed by atoms with Crippen molar-refractivity contribution in [1.29, 1.82) is 0 Å². The summed E-state index contributed by atoms with van der Waals surface area (Å²) in [6.07, 6.45) is 0. The van der Waals surface area contributed by atoms with Gasteiger partial charge < -0.3 is 23.4 Å². The molecule has 56 heavy (non-hydrogen) atoms. The van der Waals surface area contributed by atoms with Crippen LogP contribution in [0.2, 0.25) is 0 Å². The Morgan fingerprint density at radius 1 is 0.429 bits per heavy atom. The number of rotatable bonds is 12. The van der Waals surface area contributed by atoms with Gasteiger partial charge in [-0.1, -0.05) is 66.2 Å². The minimum atomic E-state index is 0.301. The third-order valence-corrected chi connectivity index (χ3v) is 11.2. The average molecular weight is 743 g/mol. The van der Waals surface area contributed by atoms with E-state index in [0.29, 0.717) is 45.0 Å². The second kappa shape index (κ2) is 14.4. The number of hydrogen-bond acceptors (Lipinski definition) is 7. The van der Waals surface area contributed by atoms with Crippen LogP contribution < -0.4 is 0 Å². The van der Waals surface area contributed by atoms with Crippen LogP contribution >= 0.6 is 0 Å². The van der Waals surface area contributed by atoms with Gasteiger partial charge >= 0.3 is 0 Å². The van der Waals surface area contributed by atoms with Gasteiger partial charge in [0.05, 0.1) is 70.3 Å². The molecule has 4 aromatic heterocycles. The zero-order chi connectivity index (χ0) is 38.5. The number of nitrogens with zero attached hydrogens (tertiary/aromatic N) is 10. The van der Waals surface area contributed by atoms with E-state index in [0.717, 1.165) is 84.1 Å². The topological polar surface area (TPSA) is 98.0 Å². The summed E-state index contributed by atoms with van der Waals surface area (Å²) in [5.41, 5.74) is 11.0. The minimum absolute atomic E-state index is 0.301. The number of phenols is 1. The third-order valence-electron chi connectivity index (χ3n) is 11.2. The van der Waals surface area contributed by atoms with Crippen LogP contribution in [0.3, 0.4) is 0 Å². The first kappa shape index (κ1) is 35.4. The maximum absolute atomic E-state index is 12.2. The fraction of sp³-hybridized carbons (Fsp3) is 0.244. The number of benzene rings is 5. The van der Waals surface area contributed by atoms with Crippen LogP contribution in [0, 0.1) is 6.92 Å². The number of fused-ring (bicyclic) bond motifs is 4. The summed E-state index contributed by atoms with van der Waals surface area (Å²) < 4.78 is 8.66. The predicted octanol–water partition coefficient (Wildman–Crippen LogP) is 7.65. The zero-order valence-electron chi connectivity index (χ0n) is 32.6. The molecule has 0 saturated heterocycles. The Bertz CT molecular complexity index is 2520. The highest BCUT2D eigenvalue weighted by Gasteiger charge is 2.22. The van der Waals surface area contributed by atoms with Crippen molar-refractivity contribution in [3.8, 4) is 5.75 Å². The molecule has 9 aromatic rings.